The number of hydrogen-bond donors (Lipinski definition) is 0. The molecule has 4 rings (SSSR count). The molecule has 1 unspecified atom stereocenters. The average molecular weight is 404 g/mol. The van der Waals surface area contributed by atoms with Gasteiger partial charge in [0, 0.05) is 12.7 Å². The number of ether oxygens (including phenoxy) is 2. The van der Waals surface area contributed by atoms with E-state index in [1.165, 1.54) is 16.2 Å². The van der Waals surface area contributed by atoms with Gasteiger partial charge in [0.15, 0.2) is 5.13 Å². The second kappa shape index (κ2) is 7.81. The molecule has 2 heterocycles. The maximum atomic E-state index is 14.3. The molecule has 3 aromatic rings. The Labute approximate surface area is 164 Å². The Hall–Kier alpha value is -2.58. The first-order chi connectivity index (χ1) is 13.6. The van der Waals surface area contributed by atoms with Crippen LogP contribution in [-0.2, 0) is 4.74 Å². The zero-order chi connectivity index (χ0) is 19.7. The van der Waals surface area contributed by atoms with Gasteiger partial charge >= 0.3 is 0 Å². The highest BCUT2D eigenvalue weighted by Gasteiger charge is 2.29. The van der Waals surface area contributed by atoms with Crippen LogP contribution in [0.15, 0.2) is 36.4 Å². The standard InChI is InChI=1S/C20H18F2N2O3S/c1-26-16-5-2-6-17-18(16)23-20(28-17)24(11-13-4-3-9-27-13)19(25)14-8-7-12(21)10-15(14)22/h2,5-8,10,13H,3-4,9,11H2,1H3. The minimum absolute atomic E-state index is 0.152. The van der Waals surface area contributed by atoms with Crippen molar-refractivity contribution >= 4 is 32.6 Å². The van der Waals surface area contributed by atoms with E-state index in [0.29, 0.717) is 29.1 Å². The predicted molar refractivity (Wildman–Crippen MR) is 103 cm³/mol. The third kappa shape index (κ3) is 3.57. The van der Waals surface area contributed by atoms with Crippen molar-refractivity contribution in [2.24, 2.45) is 0 Å². The number of para-hydroxylation sites is 1. The molecule has 28 heavy (non-hydrogen) atoms. The molecule has 0 radical (unpaired) electrons. The van der Waals surface area contributed by atoms with Crippen LogP contribution in [0.4, 0.5) is 13.9 Å². The van der Waals surface area contributed by atoms with E-state index in [0.717, 1.165) is 29.7 Å². The van der Waals surface area contributed by atoms with E-state index in [1.807, 2.05) is 12.1 Å². The van der Waals surface area contributed by atoms with Crippen LogP contribution in [0.3, 0.4) is 0 Å². The van der Waals surface area contributed by atoms with Gasteiger partial charge in [0.1, 0.15) is 22.9 Å². The number of aromatic nitrogens is 1. The monoisotopic (exact) mass is 404 g/mol. The third-order valence-corrected chi connectivity index (χ3v) is 5.68. The highest BCUT2D eigenvalue weighted by Crippen LogP contribution is 2.35. The van der Waals surface area contributed by atoms with Crippen LogP contribution in [0.1, 0.15) is 23.2 Å². The highest BCUT2D eigenvalue weighted by molar-refractivity contribution is 7.22. The maximum Gasteiger partial charge on any atom is 0.263 e. The summed E-state index contributed by atoms with van der Waals surface area (Å²) in [5.74, 6) is -1.62. The maximum absolute atomic E-state index is 14.3. The molecule has 146 valence electrons. The van der Waals surface area contributed by atoms with Crippen LogP contribution < -0.4 is 9.64 Å². The van der Waals surface area contributed by atoms with Gasteiger partial charge in [0.2, 0.25) is 0 Å². The van der Waals surface area contributed by atoms with Gasteiger partial charge in [-0.3, -0.25) is 9.69 Å². The molecule has 1 aliphatic rings. The van der Waals surface area contributed by atoms with E-state index in [9.17, 15) is 13.6 Å². The molecular weight excluding hydrogens is 386 g/mol. The van der Waals surface area contributed by atoms with Crippen LogP contribution in [-0.4, -0.2) is 37.3 Å². The zero-order valence-electron chi connectivity index (χ0n) is 15.2. The molecule has 1 amide bonds. The lowest BCUT2D eigenvalue weighted by Gasteiger charge is -2.23. The third-order valence-electron chi connectivity index (χ3n) is 4.64. The molecule has 5 nitrogen and oxygen atoms in total. The molecule has 2 aromatic carbocycles. The van der Waals surface area contributed by atoms with Crippen molar-refractivity contribution in [3.8, 4) is 5.75 Å². The number of halogens is 2. The van der Waals surface area contributed by atoms with Gasteiger partial charge in [-0.15, -0.1) is 0 Å². The second-order valence-electron chi connectivity index (χ2n) is 6.48. The zero-order valence-corrected chi connectivity index (χ0v) is 16.0. The quantitative estimate of drug-likeness (QED) is 0.632. The Balaban J connectivity index is 1.75. The topological polar surface area (TPSA) is 51.7 Å². The first-order valence-electron chi connectivity index (χ1n) is 8.89. The number of carbonyl (C=O) groups excluding carboxylic acids is 1. The minimum Gasteiger partial charge on any atom is -0.494 e. The van der Waals surface area contributed by atoms with Gasteiger partial charge < -0.3 is 9.47 Å². The molecule has 8 heteroatoms. The molecule has 0 N–H and O–H groups in total. The predicted octanol–water partition coefficient (Wildman–Crippen LogP) is 4.41. The summed E-state index contributed by atoms with van der Waals surface area (Å²) in [5, 5.41) is 0.420. The van der Waals surface area contributed by atoms with Crippen LogP contribution in [0, 0.1) is 11.6 Å². The van der Waals surface area contributed by atoms with Gasteiger partial charge in [-0.05, 0) is 37.1 Å². The fourth-order valence-electron chi connectivity index (χ4n) is 3.24. The molecule has 0 spiro atoms. The molecule has 1 fully saturated rings. The van der Waals surface area contributed by atoms with Crippen LogP contribution in [0.5, 0.6) is 5.75 Å². The number of rotatable bonds is 5. The number of fused-ring (bicyclic) bond motifs is 1. The van der Waals surface area contributed by atoms with Gasteiger partial charge in [-0.25, -0.2) is 13.8 Å². The molecule has 1 aliphatic heterocycles. The first-order valence-corrected chi connectivity index (χ1v) is 9.70. The minimum atomic E-state index is -0.902. The Morgan fingerprint density at radius 3 is 2.93 bits per heavy atom. The van der Waals surface area contributed by atoms with Crippen molar-refractivity contribution in [3.63, 3.8) is 0 Å². The Morgan fingerprint density at radius 2 is 2.21 bits per heavy atom. The van der Waals surface area contributed by atoms with E-state index < -0.39 is 17.5 Å². The Bertz CT molecular complexity index is 1020. The van der Waals surface area contributed by atoms with Gasteiger partial charge in [0.05, 0.1) is 30.0 Å². The molecule has 1 aromatic heterocycles. The molecule has 0 saturated carbocycles. The van der Waals surface area contributed by atoms with Crippen LogP contribution in [0.25, 0.3) is 10.2 Å². The molecule has 1 saturated heterocycles. The number of hydrogen-bond acceptors (Lipinski definition) is 5. The van der Waals surface area contributed by atoms with Gasteiger partial charge in [-0.2, -0.15) is 0 Å². The smallest absolute Gasteiger partial charge is 0.263 e. The van der Waals surface area contributed by atoms with Crippen molar-refractivity contribution in [1.29, 1.82) is 0 Å². The summed E-state index contributed by atoms with van der Waals surface area (Å²) in [6.07, 6.45) is 1.57. The summed E-state index contributed by atoms with van der Waals surface area (Å²) >= 11 is 1.31. The summed E-state index contributed by atoms with van der Waals surface area (Å²) in [5.41, 5.74) is 0.431. The number of anilines is 1. The summed E-state index contributed by atoms with van der Waals surface area (Å²) < 4.78 is 39.4. The highest BCUT2D eigenvalue weighted by atomic mass is 32.1. The summed E-state index contributed by atoms with van der Waals surface area (Å²) in [6, 6.07) is 8.45. The van der Waals surface area contributed by atoms with E-state index in [1.54, 1.807) is 13.2 Å². The molecule has 1 atom stereocenters. The van der Waals surface area contributed by atoms with E-state index in [4.69, 9.17) is 9.47 Å². The lowest BCUT2D eigenvalue weighted by atomic mass is 10.1. The fourth-order valence-corrected chi connectivity index (χ4v) is 4.23. The normalized spacial score (nSPS) is 16.5. The summed E-state index contributed by atoms with van der Waals surface area (Å²) in [4.78, 5) is 19.1. The largest absolute Gasteiger partial charge is 0.494 e. The number of carbonyl (C=O) groups is 1. The Morgan fingerprint density at radius 1 is 1.36 bits per heavy atom. The lowest BCUT2D eigenvalue weighted by Crippen LogP contribution is -2.38. The SMILES string of the molecule is COc1cccc2sc(N(CC3CCCO3)C(=O)c3ccc(F)cc3F)nc12. The van der Waals surface area contributed by atoms with E-state index >= 15 is 0 Å². The van der Waals surface area contributed by atoms with Crippen molar-refractivity contribution in [2.45, 2.75) is 18.9 Å². The van der Waals surface area contributed by atoms with Crippen molar-refractivity contribution < 1.29 is 23.0 Å². The molecule has 0 aliphatic carbocycles. The molecule has 0 bridgehead atoms. The molecular formula is C20H18F2N2O3S. The number of nitrogens with zero attached hydrogens (tertiary/aromatic N) is 2. The summed E-state index contributed by atoms with van der Waals surface area (Å²) in [7, 11) is 1.55. The second-order valence-corrected chi connectivity index (χ2v) is 7.49. The first kappa shape index (κ1) is 18.8. The Kier molecular flexibility index (Phi) is 5.23. The van der Waals surface area contributed by atoms with Crippen molar-refractivity contribution in [1.82, 2.24) is 4.98 Å². The average Bonchev–Trinajstić information content (AvgIpc) is 3.34. The van der Waals surface area contributed by atoms with E-state index in [2.05, 4.69) is 4.98 Å². The number of thiazole rings is 1. The lowest BCUT2D eigenvalue weighted by molar-refractivity contribution is 0.0914. The number of amides is 1. The van der Waals surface area contributed by atoms with Crippen molar-refractivity contribution in [3.05, 3.63) is 53.6 Å². The number of methoxy groups -OCH3 is 1. The van der Waals surface area contributed by atoms with Crippen LogP contribution >= 0.6 is 11.3 Å². The fraction of sp³-hybridized carbons (Fsp3) is 0.300. The van der Waals surface area contributed by atoms with Gasteiger partial charge in [0.25, 0.3) is 5.91 Å². The van der Waals surface area contributed by atoms with Crippen molar-refractivity contribution in [2.75, 3.05) is 25.2 Å². The van der Waals surface area contributed by atoms with Gasteiger partial charge in [-0.1, -0.05) is 17.4 Å². The van der Waals surface area contributed by atoms with Crippen LogP contribution in [0.2, 0.25) is 0 Å². The number of benzene rings is 2. The van der Waals surface area contributed by atoms with E-state index in [-0.39, 0.29) is 18.2 Å². The summed E-state index contributed by atoms with van der Waals surface area (Å²) in [6.45, 7) is 0.878.